The van der Waals surface area contributed by atoms with E-state index in [0.717, 1.165) is 0 Å². The Labute approximate surface area is 52.8 Å². The summed E-state index contributed by atoms with van der Waals surface area (Å²) in [5.74, 6) is -0.965. The monoisotopic (exact) mass is 128 g/mol. The second-order valence-electron chi connectivity index (χ2n) is 2.07. The molecule has 1 aliphatic heterocycles. The number of nitrogens with zero attached hydrogens (tertiary/aromatic N) is 1. The van der Waals surface area contributed by atoms with Crippen molar-refractivity contribution in [1.29, 1.82) is 0 Å². The molecule has 1 unspecified atom stereocenters. The van der Waals surface area contributed by atoms with Gasteiger partial charge in [-0.05, 0) is 6.92 Å². The Kier molecular flexibility index (Phi) is 1.16. The van der Waals surface area contributed by atoms with Crippen molar-refractivity contribution in [1.82, 2.24) is 10.2 Å². The van der Waals surface area contributed by atoms with E-state index in [-0.39, 0.29) is 6.17 Å². The van der Waals surface area contributed by atoms with E-state index in [9.17, 15) is 9.59 Å². The van der Waals surface area contributed by atoms with Gasteiger partial charge in [0.2, 0.25) is 0 Å². The van der Waals surface area contributed by atoms with Gasteiger partial charge < -0.3 is 10.2 Å². The predicted molar refractivity (Wildman–Crippen MR) is 30.4 cm³/mol. The molecule has 1 fully saturated rings. The average Bonchev–Trinajstić information content (AvgIpc) is 1.98. The summed E-state index contributed by atoms with van der Waals surface area (Å²) < 4.78 is 0. The zero-order chi connectivity index (χ0) is 7.02. The smallest absolute Gasteiger partial charge is 0.313 e. The van der Waals surface area contributed by atoms with E-state index in [2.05, 4.69) is 5.32 Å². The van der Waals surface area contributed by atoms with Crippen LogP contribution in [0.4, 0.5) is 0 Å². The Morgan fingerprint density at radius 1 is 1.56 bits per heavy atom. The summed E-state index contributed by atoms with van der Waals surface area (Å²) in [6.07, 6.45) is -0.148. The highest BCUT2D eigenvalue weighted by atomic mass is 16.2. The van der Waals surface area contributed by atoms with E-state index < -0.39 is 11.8 Å². The molecule has 2 amide bonds. The van der Waals surface area contributed by atoms with Crippen LogP contribution in [0, 0.1) is 0 Å². The van der Waals surface area contributed by atoms with Gasteiger partial charge in [0, 0.05) is 7.05 Å². The Balaban J connectivity index is 2.77. The predicted octanol–water partition coefficient (Wildman–Crippen LogP) is -1.08. The van der Waals surface area contributed by atoms with Gasteiger partial charge >= 0.3 is 11.8 Å². The Morgan fingerprint density at radius 3 is 2.22 bits per heavy atom. The van der Waals surface area contributed by atoms with Crippen LogP contribution in [0.5, 0.6) is 0 Å². The molecule has 0 aromatic carbocycles. The van der Waals surface area contributed by atoms with Crippen molar-refractivity contribution in [3.05, 3.63) is 0 Å². The topological polar surface area (TPSA) is 49.4 Å². The second-order valence-corrected chi connectivity index (χ2v) is 2.07. The quantitative estimate of drug-likeness (QED) is 0.422. The molecule has 4 heteroatoms. The fraction of sp³-hybridized carbons (Fsp3) is 0.600. The molecule has 9 heavy (non-hydrogen) atoms. The zero-order valence-electron chi connectivity index (χ0n) is 5.34. The number of carbonyl (C=O) groups excluding carboxylic acids is 2. The summed E-state index contributed by atoms with van der Waals surface area (Å²) in [4.78, 5) is 22.5. The third-order valence-electron chi connectivity index (χ3n) is 1.44. The van der Waals surface area contributed by atoms with Gasteiger partial charge in [-0.2, -0.15) is 0 Å². The van der Waals surface area contributed by atoms with Crippen molar-refractivity contribution in [2.45, 2.75) is 13.1 Å². The van der Waals surface area contributed by atoms with E-state index in [0.29, 0.717) is 0 Å². The maximum atomic E-state index is 10.6. The van der Waals surface area contributed by atoms with Crippen LogP contribution in [-0.4, -0.2) is 29.9 Å². The normalized spacial score (nSPS) is 26.9. The summed E-state index contributed by atoms with van der Waals surface area (Å²) in [6.45, 7) is 1.75. The molecule has 1 rings (SSSR count). The molecule has 0 spiro atoms. The minimum absolute atomic E-state index is 0.148. The highest BCUT2D eigenvalue weighted by Crippen LogP contribution is 1.99. The van der Waals surface area contributed by atoms with Crippen molar-refractivity contribution < 1.29 is 9.59 Å². The minimum Gasteiger partial charge on any atom is -0.328 e. The molecule has 1 N–H and O–H groups in total. The largest absolute Gasteiger partial charge is 0.328 e. The first-order valence-corrected chi connectivity index (χ1v) is 2.70. The molecule has 0 bridgehead atoms. The fourth-order valence-electron chi connectivity index (χ4n) is 0.684. The van der Waals surface area contributed by atoms with Gasteiger partial charge in [0.1, 0.15) is 6.17 Å². The lowest BCUT2D eigenvalue weighted by atomic mass is 10.5. The van der Waals surface area contributed by atoms with Crippen molar-refractivity contribution in [2.75, 3.05) is 7.05 Å². The number of amides is 2. The first-order valence-electron chi connectivity index (χ1n) is 2.70. The molecular weight excluding hydrogens is 120 g/mol. The summed E-state index contributed by atoms with van der Waals surface area (Å²) >= 11 is 0. The van der Waals surface area contributed by atoms with E-state index in [4.69, 9.17) is 0 Å². The van der Waals surface area contributed by atoms with Gasteiger partial charge in [-0.1, -0.05) is 0 Å². The van der Waals surface area contributed by atoms with Gasteiger partial charge in [0.25, 0.3) is 0 Å². The number of rotatable bonds is 0. The molecular formula is C5H8N2O2. The molecule has 0 radical (unpaired) electrons. The first-order chi connectivity index (χ1) is 4.13. The molecule has 1 saturated heterocycles. The third kappa shape index (κ3) is 0.759. The molecule has 0 aromatic heterocycles. The van der Waals surface area contributed by atoms with Crippen molar-refractivity contribution in [3.63, 3.8) is 0 Å². The van der Waals surface area contributed by atoms with Crippen LogP contribution < -0.4 is 5.32 Å². The summed E-state index contributed by atoms with van der Waals surface area (Å²) in [7, 11) is 1.59. The second kappa shape index (κ2) is 1.72. The zero-order valence-corrected chi connectivity index (χ0v) is 5.34. The first kappa shape index (κ1) is 6.07. The van der Waals surface area contributed by atoms with Crippen molar-refractivity contribution >= 4 is 11.8 Å². The molecule has 1 aliphatic rings. The van der Waals surface area contributed by atoms with Crippen molar-refractivity contribution in [3.8, 4) is 0 Å². The number of nitrogens with one attached hydrogen (secondary N) is 1. The molecule has 50 valence electrons. The number of hydrogen-bond donors (Lipinski definition) is 1. The lowest BCUT2D eigenvalue weighted by molar-refractivity contribution is -0.140. The minimum atomic E-state index is -0.509. The molecule has 0 aromatic rings. The van der Waals surface area contributed by atoms with E-state index in [1.165, 1.54) is 4.90 Å². The average molecular weight is 128 g/mol. The molecule has 0 aliphatic carbocycles. The maximum Gasteiger partial charge on any atom is 0.313 e. The number of hydrogen-bond acceptors (Lipinski definition) is 2. The fourth-order valence-corrected chi connectivity index (χ4v) is 0.684. The third-order valence-corrected chi connectivity index (χ3v) is 1.44. The van der Waals surface area contributed by atoms with Crippen LogP contribution in [0.15, 0.2) is 0 Å². The van der Waals surface area contributed by atoms with Gasteiger partial charge in [-0.3, -0.25) is 9.59 Å². The molecule has 4 nitrogen and oxygen atoms in total. The molecule has 1 atom stereocenters. The van der Waals surface area contributed by atoms with Crippen LogP contribution in [0.2, 0.25) is 0 Å². The standard InChI is InChI=1S/C5H8N2O2/c1-3-6-4(8)5(9)7(3)2/h3H,1-2H3,(H,6,8). The lowest BCUT2D eigenvalue weighted by Gasteiger charge is -2.11. The highest BCUT2D eigenvalue weighted by Gasteiger charge is 2.31. The van der Waals surface area contributed by atoms with E-state index in [1.807, 2.05) is 0 Å². The summed E-state index contributed by atoms with van der Waals surface area (Å²) in [6, 6.07) is 0. The van der Waals surface area contributed by atoms with Gasteiger partial charge in [-0.25, -0.2) is 0 Å². The van der Waals surface area contributed by atoms with E-state index in [1.54, 1.807) is 14.0 Å². The van der Waals surface area contributed by atoms with Crippen LogP contribution in [0.1, 0.15) is 6.92 Å². The Hall–Kier alpha value is -1.06. The van der Waals surface area contributed by atoms with Crippen LogP contribution in [0.3, 0.4) is 0 Å². The SMILES string of the molecule is CC1NC(=O)C(=O)N1C. The lowest BCUT2D eigenvalue weighted by Crippen LogP contribution is -2.30. The van der Waals surface area contributed by atoms with Crippen LogP contribution >= 0.6 is 0 Å². The highest BCUT2D eigenvalue weighted by molar-refractivity contribution is 6.36. The van der Waals surface area contributed by atoms with Crippen LogP contribution in [-0.2, 0) is 9.59 Å². The van der Waals surface area contributed by atoms with Crippen LogP contribution in [0.25, 0.3) is 0 Å². The Bertz CT molecular complexity index is 166. The molecule has 1 heterocycles. The molecule has 0 saturated carbocycles. The van der Waals surface area contributed by atoms with E-state index >= 15 is 0 Å². The van der Waals surface area contributed by atoms with Gasteiger partial charge in [0.15, 0.2) is 0 Å². The number of carbonyl (C=O) groups is 2. The number of likely N-dealkylation sites (N-methyl/N-ethyl adjacent to an activating group) is 1. The maximum absolute atomic E-state index is 10.6. The van der Waals surface area contributed by atoms with Gasteiger partial charge in [0.05, 0.1) is 0 Å². The van der Waals surface area contributed by atoms with Crippen molar-refractivity contribution in [2.24, 2.45) is 0 Å². The van der Waals surface area contributed by atoms with Gasteiger partial charge in [-0.15, -0.1) is 0 Å². The summed E-state index contributed by atoms with van der Waals surface area (Å²) in [5, 5.41) is 2.45. The Morgan fingerprint density at radius 2 is 2.11 bits per heavy atom. The summed E-state index contributed by atoms with van der Waals surface area (Å²) in [5.41, 5.74) is 0.